The van der Waals surface area contributed by atoms with Gasteiger partial charge < -0.3 is 15.4 Å². The highest BCUT2D eigenvalue weighted by Crippen LogP contribution is 2.15. The fourth-order valence-corrected chi connectivity index (χ4v) is 1.65. The van der Waals surface area contributed by atoms with Gasteiger partial charge in [0.25, 0.3) is 0 Å². The van der Waals surface area contributed by atoms with Gasteiger partial charge in [0.05, 0.1) is 6.10 Å². The topological polar surface area (TPSA) is 47.5 Å². The largest absolute Gasteiger partial charge is 0.391 e. The summed E-state index contributed by atoms with van der Waals surface area (Å²) in [5, 5.41) is 9.36. The molecule has 1 saturated heterocycles. The minimum absolute atomic E-state index is 0.172. The van der Waals surface area contributed by atoms with Crippen molar-refractivity contribution in [3.8, 4) is 0 Å². The normalized spacial score (nSPS) is 21.8. The third-order valence-electron chi connectivity index (χ3n) is 2.37. The zero-order chi connectivity index (χ0) is 13.3. The Hall–Kier alpha value is -1.16. The summed E-state index contributed by atoms with van der Waals surface area (Å²) in [6, 6.07) is 0. The van der Waals surface area contributed by atoms with Gasteiger partial charge in [0.1, 0.15) is 5.82 Å². The quantitative estimate of drug-likeness (QED) is 0.657. The molecule has 1 fully saturated rings. The second kappa shape index (κ2) is 8.93. The number of aliphatic hydroxyl groups is 1. The van der Waals surface area contributed by atoms with E-state index in [9.17, 15) is 5.11 Å². The predicted octanol–water partition coefficient (Wildman–Crippen LogP) is 1.96. The van der Waals surface area contributed by atoms with E-state index in [0.717, 1.165) is 25.3 Å². The molecular weight excluding hydrogens is 214 g/mol. The molecule has 3 N–H and O–H groups in total. The van der Waals surface area contributed by atoms with Gasteiger partial charge >= 0.3 is 0 Å². The van der Waals surface area contributed by atoms with Crippen molar-refractivity contribution in [2.24, 2.45) is 0 Å². The second-order valence-electron chi connectivity index (χ2n) is 3.58. The average Bonchev–Trinajstić information content (AvgIpc) is 2.81. The first-order valence-corrected chi connectivity index (χ1v) is 6.59. The van der Waals surface area contributed by atoms with Crippen LogP contribution in [-0.4, -0.2) is 29.2 Å². The van der Waals surface area contributed by atoms with Crippen LogP contribution in [0.1, 0.15) is 41.0 Å². The monoisotopic (exact) mass is 241 g/mol. The van der Waals surface area contributed by atoms with E-state index in [1.807, 2.05) is 40.8 Å². The van der Waals surface area contributed by atoms with E-state index in [1.165, 1.54) is 5.57 Å². The molecule has 0 radical (unpaired) electrons. The highest BCUT2D eigenvalue weighted by Gasteiger charge is 2.22. The molecule has 2 heterocycles. The van der Waals surface area contributed by atoms with Crippen LogP contribution in [-0.2, 0) is 0 Å². The SMILES string of the molecule is CC.CC.CC1=CNNC(N2CCC(O)C2)=C1. The molecule has 17 heavy (non-hydrogen) atoms. The minimum atomic E-state index is -0.172. The predicted molar refractivity (Wildman–Crippen MR) is 73.0 cm³/mol. The molecule has 0 aromatic rings. The van der Waals surface area contributed by atoms with E-state index in [-0.39, 0.29) is 6.10 Å². The fraction of sp³-hybridized carbons (Fsp3) is 0.692. The molecule has 0 spiro atoms. The van der Waals surface area contributed by atoms with E-state index < -0.39 is 0 Å². The van der Waals surface area contributed by atoms with Crippen LogP contribution in [0, 0.1) is 0 Å². The lowest BCUT2D eigenvalue weighted by molar-refractivity contribution is 0.181. The Balaban J connectivity index is 0.000000581. The molecule has 0 aromatic carbocycles. The van der Waals surface area contributed by atoms with E-state index in [0.29, 0.717) is 0 Å². The molecule has 0 aliphatic carbocycles. The summed E-state index contributed by atoms with van der Waals surface area (Å²) in [5.41, 5.74) is 7.22. The van der Waals surface area contributed by atoms with Crippen LogP contribution in [0.5, 0.6) is 0 Å². The molecule has 0 saturated carbocycles. The van der Waals surface area contributed by atoms with Gasteiger partial charge in [-0.25, -0.2) is 0 Å². The molecule has 2 aliphatic rings. The van der Waals surface area contributed by atoms with E-state index in [1.54, 1.807) is 0 Å². The zero-order valence-corrected chi connectivity index (χ0v) is 11.7. The highest BCUT2D eigenvalue weighted by molar-refractivity contribution is 5.23. The smallest absolute Gasteiger partial charge is 0.120 e. The van der Waals surface area contributed by atoms with Crippen molar-refractivity contribution < 1.29 is 5.11 Å². The number of aliphatic hydroxyl groups excluding tert-OH is 1. The van der Waals surface area contributed by atoms with Crippen LogP contribution in [0.3, 0.4) is 0 Å². The molecule has 4 heteroatoms. The molecular formula is C13H27N3O. The summed E-state index contributed by atoms with van der Waals surface area (Å²) in [4.78, 5) is 2.15. The maximum absolute atomic E-state index is 9.36. The third kappa shape index (κ3) is 5.13. The molecule has 1 unspecified atom stereocenters. The average molecular weight is 241 g/mol. The Bertz CT molecular complexity index is 261. The van der Waals surface area contributed by atoms with Gasteiger partial charge in [0.15, 0.2) is 0 Å². The summed E-state index contributed by atoms with van der Waals surface area (Å²) < 4.78 is 0. The first-order valence-electron chi connectivity index (χ1n) is 6.59. The second-order valence-corrected chi connectivity index (χ2v) is 3.58. The van der Waals surface area contributed by atoms with Crippen LogP contribution < -0.4 is 10.9 Å². The van der Waals surface area contributed by atoms with Gasteiger partial charge in [-0.1, -0.05) is 27.7 Å². The Morgan fingerprint density at radius 2 is 1.94 bits per heavy atom. The van der Waals surface area contributed by atoms with Crippen molar-refractivity contribution in [2.75, 3.05) is 13.1 Å². The molecule has 100 valence electrons. The van der Waals surface area contributed by atoms with Gasteiger partial charge in [-0.15, -0.1) is 0 Å². The number of likely N-dealkylation sites (tertiary alicyclic amines) is 1. The van der Waals surface area contributed by atoms with Crippen molar-refractivity contribution in [3.05, 3.63) is 23.7 Å². The van der Waals surface area contributed by atoms with Crippen LogP contribution in [0.25, 0.3) is 0 Å². The van der Waals surface area contributed by atoms with Crippen molar-refractivity contribution in [2.45, 2.75) is 47.1 Å². The van der Waals surface area contributed by atoms with Gasteiger partial charge in [-0.05, 0) is 25.0 Å². The standard InChI is InChI=1S/C9H15N3O.2C2H6/c1-7-4-9(11-10-5-7)12-3-2-8(13)6-12;2*1-2/h4-5,8,10-11,13H,2-3,6H2,1H3;2*1-2H3. The Morgan fingerprint density at radius 3 is 2.41 bits per heavy atom. The number of rotatable bonds is 1. The molecule has 2 aliphatic heterocycles. The lowest BCUT2D eigenvalue weighted by Gasteiger charge is -2.25. The molecule has 2 rings (SSSR count). The van der Waals surface area contributed by atoms with Crippen molar-refractivity contribution in [3.63, 3.8) is 0 Å². The van der Waals surface area contributed by atoms with Crippen molar-refractivity contribution >= 4 is 0 Å². The summed E-state index contributed by atoms with van der Waals surface area (Å²) in [5.74, 6) is 1.05. The Labute approximate surface area is 105 Å². The van der Waals surface area contributed by atoms with Gasteiger partial charge in [0.2, 0.25) is 0 Å². The molecule has 0 bridgehead atoms. The highest BCUT2D eigenvalue weighted by atomic mass is 16.3. The zero-order valence-electron chi connectivity index (χ0n) is 11.7. The van der Waals surface area contributed by atoms with Crippen LogP contribution >= 0.6 is 0 Å². The first kappa shape index (κ1) is 15.8. The molecule has 0 aromatic heterocycles. The minimum Gasteiger partial charge on any atom is -0.391 e. The molecule has 4 nitrogen and oxygen atoms in total. The van der Waals surface area contributed by atoms with E-state index in [4.69, 9.17) is 0 Å². The van der Waals surface area contributed by atoms with Gasteiger partial charge in [-0.3, -0.25) is 5.43 Å². The first-order chi connectivity index (χ1) is 8.25. The van der Waals surface area contributed by atoms with Crippen molar-refractivity contribution in [1.82, 2.24) is 15.8 Å². The van der Waals surface area contributed by atoms with E-state index >= 15 is 0 Å². The van der Waals surface area contributed by atoms with Crippen LogP contribution in [0.2, 0.25) is 0 Å². The van der Waals surface area contributed by atoms with Gasteiger partial charge in [0, 0.05) is 19.3 Å². The van der Waals surface area contributed by atoms with Gasteiger partial charge in [-0.2, -0.15) is 0 Å². The summed E-state index contributed by atoms with van der Waals surface area (Å²) >= 11 is 0. The molecule has 1 atom stereocenters. The third-order valence-corrected chi connectivity index (χ3v) is 2.37. The maximum atomic E-state index is 9.36. The Kier molecular flexibility index (Phi) is 8.32. The lowest BCUT2D eigenvalue weighted by Crippen LogP contribution is -2.38. The van der Waals surface area contributed by atoms with E-state index in [2.05, 4.69) is 21.8 Å². The lowest BCUT2D eigenvalue weighted by atomic mass is 10.3. The molecule has 0 amide bonds. The van der Waals surface area contributed by atoms with Crippen molar-refractivity contribution in [1.29, 1.82) is 0 Å². The number of nitrogens with zero attached hydrogens (tertiary/aromatic N) is 1. The maximum Gasteiger partial charge on any atom is 0.120 e. The number of allylic oxidation sites excluding steroid dienone is 2. The fourth-order valence-electron chi connectivity index (χ4n) is 1.65. The number of β-amino-alcohol motifs (C(OH)–C–C–N with tert-alkyl or cyclic N) is 1. The summed E-state index contributed by atoms with van der Waals surface area (Å²) in [6.07, 6.45) is 4.68. The Morgan fingerprint density at radius 1 is 1.29 bits per heavy atom. The number of hydrazine groups is 1. The van der Waals surface area contributed by atoms with Crippen LogP contribution in [0.15, 0.2) is 23.7 Å². The summed E-state index contributed by atoms with van der Waals surface area (Å²) in [6.45, 7) is 11.7. The van der Waals surface area contributed by atoms with Crippen LogP contribution in [0.4, 0.5) is 0 Å². The summed E-state index contributed by atoms with van der Waals surface area (Å²) in [7, 11) is 0. The number of hydrogen-bond acceptors (Lipinski definition) is 4. The number of nitrogens with one attached hydrogen (secondary N) is 2. The number of hydrogen-bond donors (Lipinski definition) is 3.